The molecule has 28 heavy (non-hydrogen) atoms. The molecule has 2 saturated heterocycles. The smallest absolute Gasteiger partial charge is 0.222 e. The van der Waals surface area contributed by atoms with Crippen LogP contribution < -0.4 is 16.0 Å². The van der Waals surface area contributed by atoms with Crippen LogP contribution in [0.25, 0.3) is 0 Å². The largest absolute Gasteiger partial charge is 0.377 e. The zero-order valence-corrected chi connectivity index (χ0v) is 18.4. The summed E-state index contributed by atoms with van der Waals surface area (Å²) < 4.78 is 28.9. The molecule has 2 aliphatic heterocycles. The van der Waals surface area contributed by atoms with Crippen LogP contribution in [0.4, 0.5) is 0 Å². The van der Waals surface area contributed by atoms with Crippen molar-refractivity contribution in [2.45, 2.75) is 58.6 Å². The van der Waals surface area contributed by atoms with E-state index in [0.717, 1.165) is 26.0 Å². The first-order valence-corrected chi connectivity index (χ1v) is 12.0. The Bertz CT molecular complexity index is 657. The highest BCUT2D eigenvalue weighted by molar-refractivity contribution is 7.91. The second kappa shape index (κ2) is 9.91. The van der Waals surface area contributed by atoms with Crippen molar-refractivity contribution in [1.82, 2.24) is 16.0 Å². The van der Waals surface area contributed by atoms with Gasteiger partial charge in [0.1, 0.15) is 0 Å². The predicted molar refractivity (Wildman–Crippen MR) is 111 cm³/mol. The maximum Gasteiger partial charge on any atom is 0.222 e. The highest BCUT2D eigenvalue weighted by Gasteiger charge is 2.35. The molecule has 3 unspecified atom stereocenters. The summed E-state index contributed by atoms with van der Waals surface area (Å²) in [7, 11) is -1.28. The van der Waals surface area contributed by atoms with E-state index >= 15 is 0 Å². The van der Waals surface area contributed by atoms with E-state index in [1.165, 1.54) is 0 Å². The molecule has 0 spiro atoms. The summed E-state index contributed by atoms with van der Waals surface area (Å²) in [6.45, 7) is 8.65. The van der Waals surface area contributed by atoms with Gasteiger partial charge in [0.05, 0.1) is 17.6 Å². The van der Waals surface area contributed by atoms with Gasteiger partial charge in [0, 0.05) is 45.1 Å². The number of hydrogen-bond acceptors (Lipinski definition) is 5. The molecule has 2 aliphatic rings. The molecule has 8 nitrogen and oxygen atoms in total. The topological polar surface area (TPSA) is 109 Å². The number of carbonyl (C=O) groups is 1. The summed E-state index contributed by atoms with van der Waals surface area (Å²) in [6.07, 6.45) is 3.18. The van der Waals surface area contributed by atoms with Crippen LogP contribution in [0.3, 0.4) is 0 Å². The number of sulfone groups is 1. The number of guanidine groups is 1. The van der Waals surface area contributed by atoms with Crippen molar-refractivity contribution in [2.75, 3.05) is 38.2 Å². The number of nitrogens with zero attached hydrogens (tertiary/aromatic N) is 1. The average molecular weight is 417 g/mol. The lowest BCUT2D eigenvalue weighted by atomic mass is 9.78. The molecule has 3 N–H and O–H groups in total. The maximum absolute atomic E-state index is 12.0. The summed E-state index contributed by atoms with van der Waals surface area (Å²) in [6, 6.07) is -0.254. The minimum Gasteiger partial charge on any atom is -0.377 e. The second-order valence-corrected chi connectivity index (χ2v) is 11.1. The summed E-state index contributed by atoms with van der Waals surface area (Å²) in [5, 5.41) is 9.30. The van der Waals surface area contributed by atoms with E-state index < -0.39 is 9.84 Å². The monoisotopic (exact) mass is 416 g/mol. The first-order chi connectivity index (χ1) is 13.1. The van der Waals surface area contributed by atoms with E-state index in [0.29, 0.717) is 24.8 Å². The molecule has 2 rings (SSSR count). The molecule has 9 heteroatoms. The molecule has 3 atom stereocenters. The number of nitrogens with one attached hydrogen (secondary N) is 3. The lowest BCUT2D eigenvalue weighted by Gasteiger charge is -2.40. The van der Waals surface area contributed by atoms with E-state index in [2.05, 4.69) is 41.7 Å². The Kier molecular flexibility index (Phi) is 8.12. The lowest BCUT2D eigenvalue weighted by molar-refractivity contribution is -0.121. The quantitative estimate of drug-likeness (QED) is 0.434. The molecule has 0 radical (unpaired) electrons. The minimum atomic E-state index is -2.98. The molecular formula is C19H36N4O4S. The number of carbonyl (C=O) groups excluding carboxylic acids is 1. The van der Waals surface area contributed by atoms with Gasteiger partial charge < -0.3 is 20.7 Å². The first kappa shape index (κ1) is 22.9. The molecule has 0 aromatic heterocycles. The molecule has 162 valence electrons. The molecule has 0 aromatic carbocycles. The number of amides is 1. The molecule has 0 saturated carbocycles. The van der Waals surface area contributed by atoms with E-state index in [1.807, 2.05) is 0 Å². The molecular weight excluding hydrogens is 380 g/mol. The highest BCUT2D eigenvalue weighted by Crippen LogP contribution is 2.33. The Morgan fingerprint density at radius 2 is 1.96 bits per heavy atom. The lowest BCUT2D eigenvalue weighted by Crippen LogP contribution is -2.48. The normalized spacial score (nSPS) is 28.0. The number of ether oxygens (including phenoxy) is 1. The van der Waals surface area contributed by atoms with Crippen LogP contribution in [0.1, 0.15) is 46.5 Å². The van der Waals surface area contributed by atoms with Crippen molar-refractivity contribution in [3.8, 4) is 0 Å². The van der Waals surface area contributed by atoms with Gasteiger partial charge in [0.15, 0.2) is 15.8 Å². The number of aliphatic imine (C=N–C) groups is 1. The van der Waals surface area contributed by atoms with Gasteiger partial charge in [0.2, 0.25) is 5.91 Å². The molecule has 0 aliphatic carbocycles. The fourth-order valence-corrected chi connectivity index (χ4v) is 5.63. The van der Waals surface area contributed by atoms with Crippen LogP contribution in [-0.4, -0.2) is 70.7 Å². The van der Waals surface area contributed by atoms with E-state index in [-0.39, 0.29) is 41.4 Å². The summed E-state index contributed by atoms with van der Waals surface area (Å²) in [5.41, 5.74) is 0.0928. The van der Waals surface area contributed by atoms with Crippen molar-refractivity contribution in [2.24, 2.45) is 16.3 Å². The second-order valence-electron chi connectivity index (χ2n) is 8.86. The standard InChI is InChI=1S/C19H36N4O4S/c1-19(2,3)17-14(6-5-10-27-17)12-22-18(20-4)21-9-7-16(24)23-15-8-11-28(25,26)13-15/h14-15,17H,5-13H2,1-4H3,(H,23,24)(H2,20,21,22). The SMILES string of the molecule is CN=C(NCCC(=O)NC1CCS(=O)(=O)C1)NCC1CCCOC1C(C)(C)C. The van der Waals surface area contributed by atoms with Crippen LogP contribution >= 0.6 is 0 Å². The fourth-order valence-electron chi connectivity index (χ4n) is 3.96. The Morgan fingerprint density at radius 1 is 1.21 bits per heavy atom. The third kappa shape index (κ3) is 7.24. The van der Waals surface area contributed by atoms with E-state index in [9.17, 15) is 13.2 Å². The van der Waals surface area contributed by atoms with Crippen molar-refractivity contribution >= 4 is 21.7 Å². The predicted octanol–water partition coefficient (Wildman–Crippen LogP) is 0.686. The van der Waals surface area contributed by atoms with Gasteiger partial charge in [-0.15, -0.1) is 0 Å². The van der Waals surface area contributed by atoms with Gasteiger partial charge >= 0.3 is 0 Å². The number of rotatable bonds is 6. The van der Waals surface area contributed by atoms with Gasteiger partial charge in [0.25, 0.3) is 0 Å². The third-order valence-corrected chi connectivity index (χ3v) is 7.06. The van der Waals surface area contributed by atoms with Gasteiger partial charge in [-0.3, -0.25) is 9.79 Å². The zero-order valence-electron chi connectivity index (χ0n) is 17.6. The summed E-state index contributed by atoms with van der Waals surface area (Å²) in [5.74, 6) is 1.15. The van der Waals surface area contributed by atoms with Crippen LogP contribution in [0.5, 0.6) is 0 Å². The van der Waals surface area contributed by atoms with Crippen molar-refractivity contribution < 1.29 is 17.9 Å². The zero-order chi connectivity index (χ0) is 20.8. The van der Waals surface area contributed by atoms with Crippen LogP contribution in [-0.2, 0) is 19.4 Å². The molecule has 0 aromatic rings. The minimum absolute atomic E-state index is 0.0494. The molecule has 2 heterocycles. The summed E-state index contributed by atoms with van der Waals surface area (Å²) in [4.78, 5) is 16.2. The fraction of sp³-hybridized carbons (Fsp3) is 0.895. The molecule has 2 fully saturated rings. The first-order valence-electron chi connectivity index (χ1n) is 10.2. The third-order valence-electron chi connectivity index (χ3n) is 5.30. The molecule has 0 bridgehead atoms. The van der Waals surface area contributed by atoms with Crippen molar-refractivity contribution in [3.63, 3.8) is 0 Å². The van der Waals surface area contributed by atoms with E-state index in [4.69, 9.17) is 4.74 Å². The van der Waals surface area contributed by atoms with Gasteiger partial charge in [-0.2, -0.15) is 0 Å². The van der Waals surface area contributed by atoms with Crippen molar-refractivity contribution in [1.29, 1.82) is 0 Å². The number of hydrogen-bond donors (Lipinski definition) is 3. The maximum atomic E-state index is 12.0. The van der Waals surface area contributed by atoms with Gasteiger partial charge in [-0.05, 0) is 24.7 Å². The van der Waals surface area contributed by atoms with E-state index in [1.54, 1.807) is 7.05 Å². The Labute approximate surface area is 169 Å². The Hall–Kier alpha value is -1.35. The van der Waals surface area contributed by atoms with Gasteiger partial charge in [-0.25, -0.2) is 8.42 Å². The van der Waals surface area contributed by atoms with Crippen LogP contribution in [0.2, 0.25) is 0 Å². The Balaban J connectivity index is 1.70. The molecule has 1 amide bonds. The highest BCUT2D eigenvalue weighted by atomic mass is 32.2. The van der Waals surface area contributed by atoms with Crippen LogP contribution in [0, 0.1) is 11.3 Å². The van der Waals surface area contributed by atoms with Crippen LogP contribution in [0.15, 0.2) is 4.99 Å². The average Bonchev–Trinajstić information content (AvgIpc) is 2.95. The Morgan fingerprint density at radius 3 is 2.57 bits per heavy atom. The van der Waals surface area contributed by atoms with Crippen molar-refractivity contribution in [3.05, 3.63) is 0 Å². The summed E-state index contributed by atoms with van der Waals surface area (Å²) >= 11 is 0. The van der Waals surface area contributed by atoms with Gasteiger partial charge in [-0.1, -0.05) is 20.8 Å².